The number of alkyl carbamates (subject to hydrolysis) is 1. The normalized spacial score (nSPS) is 15.3. The molecule has 0 bridgehead atoms. The molecule has 0 saturated carbocycles. The molecule has 4 atom stereocenters. The Balaban J connectivity index is 2.10. The number of hydrogen-bond donors (Lipinski definition) is 4. The lowest BCUT2D eigenvalue weighted by Crippen LogP contribution is -2.41. The van der Waals surface area contributed by atoms with Crippen LogP contribution in [0.5, 0.6) is 5.75 Å². The van der Waals surface area contributed by atoms with Crippen LogP contribution < -0.4 is 10.1 Å². The molecule has 0 aliphatic rings. The van der Waals surface area contributed by atoms with Gasteiger partial charge in [-0.1, -0.05) is 54.6 Å². The van der Waals surface area contributed by atoms with Crippen LogP contribution in [-0.4, -0.2) is 56.8 Å². The number of nitrogens with one attached hydrogen (secondary N) is 1. The van der Waals surface area contributed by atoms with E-state index in [1.165, 1.54) is 12.2 Å². The molecule has 0 unspecified atom stereocenters. The number of aliphatic hydroxyl groups is 2. The zero-order valence-corrected chi connectivity index (χ0v) is 23.8. The van der Waals surface area contributed by atoms with Gasteiger partial charge in [-0.15, -0.1) is 0 Å². The molecule has 214 valence electrons. The Morgan fingerprint density at radius 3 is 1.97 bits per heavy atom. The van der Waals surface area contributed by atoms with Crippen LogP contribution in [0.1, 0.15) is 59.1 Å². The highest BCUT2D eigenvalue weighted by Crippen LogP contribution is 2.20. The monoisotopic (exact) mass is 541 g/mol. The first-order valence-electron chi connectivity index (χ1n) is 13.2. The molecule has 1 amide bonds. The average molecular weight is 542 g/mol. The Kier molecular flexibility index (Phi) is 11.6. The van der Waals surface area contributed by atoms with Crippen LogP contribution in [0.2, 0.25) is 0 Å². The van der Waals surface area contributed by atoms with E-state index in [-0.39, 0.29) is 18.4 Å². The second-order valence-electron chi connectivity index (χ2n) is 11.7. The Bertz CT molecular complexity index is 1070. The van der Waals surface area contributed by atoms with E-state index < -0.39 is 41.8 Å². The third-order valence-corrected chi connectivity index (χ3v) is 5.63. The van der Waals surface area contributed by atoms with E-state index in [0.717, 1.165) is 16.9 Å². The molecule has 4 N–H and O–H groups in total. The van der Waals surface area contributed by atoms with Crippen LogP contribution in [0.15, 0.2) is 66.7 Å². The number of carboxylic acid groups (broad SMARTS) is 1. The average Bonchev–Trinajstić information content (AvgIpc) is 2.80. The van der Waals surface area contributed by atoms with Crippen LogP contribution in [-0.2, 0) is 22.4 Å². The van der Waals surface area contributed by atoms with Crippen molar-refractivity contribution >= 4 is 12.1 Å². The summed E-state index contributed by atoms with van der Waals surface area (Å²) in [5, 5.41) is 33.7. The summed E-state index contributed by atoms with van der Waals surface area (Å²) in [6.45, 7) is 11.2. The van der Waals surface area contributed by atoms with Crippen molar-refractivity contribution in [3.63, 3.8) is 0 Å². The molecule has 0 spiro atoms. The largest absolute Gasteiger partial charge is 0.488 e. The van der Waals surface area contributed by atoms with Crippen molar-refractivity contribution in [2.24, 2.45) is 5.92 Å². The van der Waals surface area contributed by atoms with E-state index in [2.05, 4.69) is 5.32 Å². The third kappa shape index (κ3) is 12.8. The van der Waals surface area contributed by atoms with E-state index in [1.54, 1.807) is 32.9 Å². The number of rotatable bonds is 12. The second-order valence-corrected chi connectivity index (χ2v) is 11.7. The van der Waals surface area contributed by atoms with E-state index in [0.29, 0.717) is 6.42 Å². The van der Waals surface area contributed by atoms with E-state index in [4.69, 9.17) is 9.47 Å². The minimum atomic E-state index is -1.30. The molecule has 2 rings (SSSR count). The van der Waals surface area contributed by atoms with Gasteiger partial charge in [0.25, 0.3) is 0 Å². The van der Waals surface area contributed by atoms with Gasteiger partial charge in [-0.2, -0.15) is 0 Å². The summed E-state index contributed by atoms with van der Waals surface area (Å²) in [5.74, 6) is -1.47. The fourth-order valence-corrected chi connectivity index (χ4v) is 3.97. The number of ether oxygens (including phenoxy) is 2. The Morgan fingerprint density at radius 1 is 0.846 bits per heavy atom. The maximum atomic E-state index is 12.5. The van der Waals surface area contributed by atoms with Gasteiger partial charge in [-0.3, -0.25) is 4.79 Å². The zero-order valence-electron chi connectivity index (χ0n) is 23.8. The van der Waals surface area contributed by atoms with Gasteiger partial charge in [0.2, 0.25) is 0 Å². The molecule has 8 heteroatoms. The number of carbonyl (C=O) groups excluding carboxylic acids is 1. The minimum Gasteiger partial charge on any atom is -0.488 e. The number of benzene rings is 2. The van der Waals surface area contributed by atoms with Gasteiger partial charge in [0, 0.05) is 6.04 Å². The zero-order chi connectivity index (χ0) is 29.2. The van der Waals surface area contributed by atoms with Gasteiger partial charge in [-0.25, -0.2) is 4.79 Å². The van der Waals surface area contributed by atoms with E-state index >= 15 is 0 Å². The van der Waals surface area contributed by atoms with Crippen LogP contribution in [0.25, 0.3) is 0 Å². The molecule has 0 saturated heterocycles. The van der Waals surface area contributed by atoms with Crippen molar-refractivity contribution < 1.29 is 34.4 Å². The van der Waals surface area contributed by atoms with Crippen molar-refractivity contribution in [3.05, 3.63) is 77.9 Å². The van der Waals surface area contributed by atoms with Gasteiger partial charge in [0.1, 0.15) is 17.0 Å². The van der Waals surface area contributed by atoms with Crippen LogP contribution in [0, 0.1) is 5.92 Å². The smallest absolute Gasteiger partial charge is 0.407 e. The first kappa shape index (κ1) is 31.9. The predicted octanol–water partition coefficient (Wildman–Crippen LogP) is 4.91. The molecule has 39 heavy (non-hydrogen) atoms. The molecular weight excluding hydrogens is 498 g/mol. The van der Waals surface area contributed by atoms with Crippen molar-refractivity contribution in [3.8, 4) is 5.75 Å². The van der Waals surface area contributed by atoms with Crippen LogP contribution >= 0.6 is 0 Å². The number of carboxylic acids is 1. The Labute approximate surface area is 231 Å². The lowest BCUT2D eigenvalue weighted by Gasteiger charge is -2.25. The number of amides is 1. The van der Waals surface area contributed by atoms with Crippen molar-refractivity contribution in [2.45, 2.75) is 90.3 Å². The molecule has 0 aromatic heterocycles. The topological polar surface area (TPSA) is 125 Å². The molecule has 0 aliphatic heterocycles. The standard InChI is InChI=1S/C31H43NO7/c1-30(2,3)38-25-15-12-22(13-16-25)18-23(32-29(37)39-31(4,5)6)20-24(33)14-17-27(34)26(28(35)36)19-21-10-8-7-9-11-21/h7-17,23-24,26-27,33-34H,18-20H2,1-6H3,(H,32,37)(H,35,36)/b17-14+/t23-,24+,26-,27+/m0/s1. The number of carbonyl (C=O) groups is 2. The molecule has 2 aromatic rings. The molecular formula is C31H43NO7. The lowest BCUT2D eigenvalue weighted by molar-refractivity contribution is -0.144. The minimum absolute atomic E-state index is 0.124. The number of hydrogen-bond acceptors (Lipinski definition) is 6. The fraction of sp³-hybridized carbons (Fsp3) is 0.484. The quantitative estimate of drug-likeness (QED) is 0.281. The summed E-state index contributed by atoms with van der Waals surface area (Å²) in [6.07, 6.45) is 0.401. The first-order valence-corrected chi connectivity index (χ1v) is 13.2. The highest BCUT2D eigenvalue weighted by Gasteiger charge is 2.26. The molecule has 0 aliphatic carbocycles. The summed E-state index contributed by atoms with van der Waals surface area (Å²) in [4.78, 5) is 24.3. The van der Waals surface area contributed by atoms with Gasteiger partial charge in [0.05, 0.1) is 18.1 Å². The summed E-state index contributed by atoms with van der Waals surface area (Å²) < 4.78 is 11.3. The van der Waals surface area contributed by atoms with Gasteiger partial charge in [-0.05, 0) is 84.1 Å². The molecule has 0 fully saturated rings. The Hall–Kier alpha value is -3.36. The van der Waals surface area contributed by atoms with E-state index in [1.807, 2.05) is 63.2 Å². The van der Waals surface area contributed by atoms with Gasteiger partial charge in [0.15, 0.2) is 0 Å². The summed E-state index contributed by atoms with van der Waals surface area (Å²) >= 11 is 0. The van der Waals surface area contributed by atoms with Crippen molar-refractivity contribution in [2.75, 3.05) is 0 Å². The number of aliphatic carboxylic acids is 1. The highest BCUT2D eigenvalue weighted by atomic mass is 16.6. The van der Waals surface area contributed by atoms with Crippen LogP contribution in [0.3, 0.4) is 0 Å². The van der Waals surface area contributed by atoms with Crippen molar-refractivity contribution in [1.29, 1.82) is 0 Å². The predicted molar refractivity (Wildman–Crippen MR) is 151 cm³/mol. The number of aliphatic hydroxyl groups excluding tert-OH is 2. The maximum Gasteiger partial charge on any atom is 0.407 e. The first-order chi connectivity index (χ1) is 18.1. The van der Waals surface area contributed by atoms with Gasteiger partial charge < -0.3 is 30.1 Å². The summed E-state index contributed by atoms with van der Waals surface area (Å²) in [5.41, 5.74) is 0.693. The molecule has 2 aromatic carbocycles. The SMILES string of the molecule is CC(C)(C)OC(=O)N[C@@H](Cc1ccc(OC(C)(C)C)cc1)C[C@H](O)/C=C/[C@@H](O)[C@H](Cc1ccccc1)C(=O)O. The summed E-state index contributed by atoms with van der Waals surface area (Å²) in [6, 6.07) is 16.1. The second kappa shape index (κ2) is 14.1. The fourth-order valence-electron chi connectivity index (χ4n) is 3.97. The lowest BCUT2D eigenvalue weighted by atomic mass is 9.93. The Morgan fingerprint density at radius 2 is 1.44 bits per heavy atom. The highest BCUT2D eigenvalue weighted by molar-refractivity contribution is 5.71. The van der Waals surface area contributed by atoms with Crippen LogP contribution in [0.4, 0.5) is 4.79 Å². The maximum absolute atomic E-state index is 12.5. The molecule has 0 heterocycles. The molecule has 8 nitrogen and oxygen atoms in total. The van der Waals surface area contributed by atoms with E-state index in [9.17, 15) is 24.9 Å². The van der Waals surface area contributed by atoms with Gasteiger partial charge >= 0.3 is 12.1 Å². The third-order valence-electron chi connectivity index (χ3n) is 5.63. The molecule has 0 radical (unpaired) electrons. The summed E-state index contributed by atoms with van der Waals surface area (Å²) in [7, 11) is 0. The van der Waals surface area contributed by atoms with Crippen molar-refractivity contribution in [1.82, 2.24) is 5.32 Å².